The van der Waals surface area contributed by atoms with Crippen molar-refractivity contribution in [2.45, 2.75) is 64.9 Å². The molecule has 3 heteroatoms. The number of hydrogen-bond donors (Lipinski definition) is 1. The van der Waals surface area contributed by atoms with Crippen molar-refractivity contribution >= 4 is 5.97 Å². The predicted molar refractivity (Wildman–Crippen MR) is 85.3 cm³/mol. The maximum atomic E-state index is 12.2. The highest BCUT2D eigenvalue weighted by molar-refractivity contribution is 5.80. The molecule has 1 rings (SSSR count). The molecule has 0 heterocycles. The summed E-state index contributed by atoms with van der Waals surface area (Å²) in [6.07, 6.45) is 3.29. The first-order chi connectivity index (χ1) is 9.99. The van der Waals surface area contributed by atoms with Crippen molar-refractivity contribution in [3.8, 4) is 0 Å². The van der Waals surface area contributed by atoms with E-state index in [1.54, 1.807) is 6.92 Å². The van der Waals surface area contributed by atoms with Crippen LogP contribution in [0.4, 0.5) is 0 Å². The van der Waals surface area contributed by atoms with E-state index in [0.717, 1.165) is 24.8 Å². The summed E-state index contributed by atoms with van der Waals surface area (Å²) >= 11 is 0. The SMILES string of the molecule is CCCc1ccc(C(C)C(O)(CCC)C(=O)OCC)cc1. The lowest BCUT2D eigenvalue weighted by molar-refractivity contribution is -0.168. The number of esters is 1. The van der Waals surface area contributed by atoms with Crippen LogP contribution in [0.25, 0.3) is 0 Å². The Morgan fingerprint density at radius 1 is 1.19 bits per heavy atom. The Morgan fingerprint density at radius 3 is 2.29 bits per heavy atom. The Labute approximate surface area is 128 Å². The fraction of sp³-hybridized carbons (Fsp3) is 0.611. The molecule has 0 spiro atoms. The number of aliphatic hydroxyl groups is 1. The summed E-state index contributed by atoms with van der Waals surface area (Å²) in [6.45, 7) is 8.04. The lowest BCUT2D eigenvalue weighted by Gasteiger charge is -2.32. The van der Waals surface area contributed by atoms with Crippen molar-refractivity contribution in [2.24, 2.45) is 0 Å². The second-order valence-electron chi connectivity index (χ2n) is 5.61. The molecule has 1 aromatic rings. The molecular formula is C18H28O3. The molecule has 0 aromatic heterocycles. The smallest absolute Gasteiger partial charge is 0.338 e. The van der Waals surface area contributed by atoms with Gasteiger partial charge in [0.05, 0.1) is 6.61 Å². The normalized spacial score (nSPS) is 15.3. The highest BCUT2D eigenvalue weighted by Crippen LogP contribution is 2.33. The molecule has 0 radical (unpaired) electrons. The molecule has 0 amide bonds. The first kappa shape index (κ1) is 17.7. The quantitative estimate of drug-likeness (QED) is 0.741. The van der Waals surface area contributed by atoms with Crippen LogP contribution in [0, 0.1) is 0 Å². The number of carbonyl (C=O) groups excluding carboxylic acids is 1. The molecule has 0 saturated heterocycles. The Balaban J connectivity index is 2.99. The molecule has 118 valence electrons. The van der Waals surface area contributed by atoms with Crippen LogP contribution in [0.1, 0.15) is 64.0 Å². The van der Waals surface area contributed by atoms with Gasteiger partial charge in [0.25, 0.3) is 0 Å². The van der Waals surface area contributed by atoms with E-state index in [1.165, 1.54) is 5.56 Å². The van der Waals surface area contributed by atoms with Crippen molar-refractivity contribution in [3.05, 3.63) is 35.4 Å². The van der Waals surface area contributed by atoms with Crippen molar-refractivity contribution < 1.29 is 14.6 Å². The number of carbonyl (C=O) groups is 1. The molecule has 2 atom stereocenters. The van der Waals surface area contributed by atoms with E-state index < -0.39 is 11.6 Å². The van der Waals surface area contributed by atoms with Gasteiger partial charge in [0.15, 0.2) is 5.60 Å². The van der Waals surface area contributed by atoms with Gasteiger partial charge in [-0.05, 0) is 30.9 Å². The Hall–Kier alpha value is -1.35. The van der Waals surface area contributed by atoms with Crippen LogP contribution >= 0.6 is 0 Å². The van der Waals surface area contributed by atoms with Crippen LogP contribution in [0.15, 0.2) is 24.3 Å². The third-order valence-corrected chi connectivity index (χ3v) is 3.99. The number of ether oxygens (including phenoxy) is 1. The van der Waals surface area contributed by atoms with Gasteiger partial charge in [0, 0.05) is 5.92 Å². The van der Waals surface area contributed by atoms with Crippen molar-refractivity contribution in [3.63, 3.8) is 0 Å². The van der Waals surface area contributed by atoms with Gasteiger partial charge in [-0.2, -0.15) is 0 Å². The highest BCUT2D eigenvalue weighted by Gasteiger charge is 2.42. The van der Waals surface area contributed by atoms with Crippen molar-refractivity contribution in [1.82, 2.24) is 0 Å². The largest absolute Gasteiger partial charge is 0.464 e. The van der Waals surface area contributed by atoms with Crippen LogP contribution in [0.2, 0.25) is 0 Å². The minimum absolute atomic E-state index is 0.285. The summed E-state index contributed by atoms with van der Waals surface area (Å²) in [5, 5.41) is 10.8. The summed E-state index contributed by atoms with van der Waals surface area (Å²) in [5.41, 5.74) is 0.805. The maximum absolute atomic E-state index is 12.2. The molecule has 0 saturated carbocycles. The van der Waals surface area contributed by atoms with Gasteiger partial charge in [0.2, 0.25) is 0 Å². The molecule has 0 aliphatic rings. The zero-order chi connectivity index (χ0) is 15.9. The van der Waals surface area contributed by atoms with Crippen LogP contribution in [0.5, 0.6) is 0 Å². The minimum atomic E-state index is -1.45. The lowest BCUT2D eigenvalue weighted by atomic mass is 9.80. The zero-order valence-corrected chi connectivity index (χ0v) is 13.7. The molecule has 0 fully saturated rings. The number of benzene rings is 1. The summed E-state index contributed by atoms with van der Waals surface area (Å²) in [7, 11) is 0. The summed E-state index contributed by atoms with van der Waals surface area (Å²) in [5.74, 6) is -0.802. The predicted octanol–water partition coefficient (Wildman–Crippen LogP) is 3.84. The van der Waals surface area contributed by atoms with Gasteiger partial charge < -0.3 is 9.84 Å². The van der Waals surface area contributed by atoms with Gasteiger partial charge in [0.1, 0.15) is 0 Å². The molecule has 3 nitrogen and oxygen atoms in total. The molecule has 1 N–H and O–H groups in total. The van der Waals surface area contributed by atoms with E-state index in [0.29, 0.717) is 6.42 Å². The van der Waals surface area contributed by atoms with E-state index >= 15 is 0 Å². The summed E-state index contributed by atoms with van der Waals surface area (Å²) < 4.78 is 5.08. The monoisotopic (exact) mass is 292 g/mol. The first-order valence-corrected chi connectivity index (χ1v) is 7.98. The second kappa shape index (κ2) is 8.18. The van der Waals surface area contributed by atoms with E-state index in [2.05, 4.69) is 19.1 Å². The van der Waals surface area contributed by atoms with Gasteiger partial charge in [-0.1, -0.05) is 57.9 Å². The van der Waals surface area contributed by atoms with Gasteiger partial charge in [-0.3, -0.25) is 0 Å². The standard InChI is InChI=1S/C18H28O3/c1-5-8-15-9-11-16(12-10-15)14(4)18(20,13-6-2)17(19)21-7-3/h9-12,14,20H,5-8,13H2,1-4H3. The van der Waals surface area contributed by atoms with Gasteiger partial charge >= 0.3 is 5.97 Å². The fourth-order valence-electron chi connectivity index (χ4n) is 2.67. The Morgan fingerprint density at radius 2 is 1.81 bits per heavy atom. The molecule has 2 unspecified atom stereocenters. The van der Waals surface area contributed by atoms with Crippen LogP contribution in [-0.4, -0.2) is 23.3 Å². The average Bonchev–Trinajstić information content (AvgIpc) is 2.48. The average molecular weight is 292 g/mol. The topological polar surface area (TPSA) is 46.5 Å². The first-order valence-electron chi connectivity index (χ1n) is 7.98. The van der Waals surface area contributed by atoms with Crippen molar-refractivity contribution in [1.29, 1.82) is 0 Å². The van der Waals surface area contributed by atoms with Crippen LogP contribution < -0.4 is 0 Å². The van der Waals surface area contributed by atoms with E-state index in [-0.39, 0.29) is 12.5 Å². The lowest BCUT2D eigenvalue weighted by Crippen LogP contribution is -2.44. The maximum Gasteiger partial charge on any atom is 0.338 e. The zero-order valence-electron chi connectivity index (χ0n) is 13.7. The summed E-state index contributed by atoms with van der Waals surface area (Å²) in [6, 6.07) is 8.17. The summed E-state index contributed by atoms with van der Waals surface area (Å²) in [4.78, 5) is 12.2. The Kier molecular flexibility index (Phi) is 6.90. The molecule has 0 aliphatic heterocycles. The minimum Gasteiger partial charge on any atom is -0.464 e. The molecule has 0 aliphatic carbocycles. The van der Waals surface area contributed by atoms with Crippen LogP contribution in [-0.2, 0) is 16.0 Å². The molecule has 1 aromatic carbocycles. The second-order valence-corrected chi connectivity index (χ2v) is 5.61. The third kappa shape index (κ3) is 4.31. The van der Waals surface area contributed by atoms with E-state index in [4.69, 9.17) is 4.74 Å². The van der Waals surface area contributed by atoms with E-state index in [9.17, 15) is 9.90 Å². The number of hydrogen-bond acceptors (Lipinski definition) is 3. The highest BCUT2D eigenvalue weighted by atomic mass is 16.5. The van der Waals surface area contributed by atoms with Gasteiger partial charge in [-0.15, -0.1) is 0 Å². The Bertz CT molecular complexity index is 438. The van der Waals surface area contributed by atoms with E-state index in [1.807, 2.05) is 26.0 Å². The fourth-order valence-corrected chi connectivity index (χ4v) is 2.67. The molecule has 21 heavy (non-hydrogen) atoms. The molecule has 0 bridgehead atoms. The van der Waals surface area contributed by atoms with Gasteiger partial charge in [-0.25, -0.2) is 4.79 Å². The molecular weight excluding hydrogens is 264 g/mol. The van der Waals surface area contributed by atoms with Crippen LogP contribution in [0.3, 0.4) is 0 Å². The third-order valence-electron chi connectivity index (χ3n) is 3.99. The number of aryl methyl sites for hydroxylation is 1. The van der Waals surface area contributed by atoms with Crippen molar-refractivity contribution in [2.75, 3.05) is 6.61 Å². The number of rotatable bonds is 8.